The van der Waals surface area contributed by atoms with Crippen LogP contribution in [0.5, 0.6) is 0 Å². The van der Waals surface area contributed by atoms with E-state index in [9.17, 15) is 4.39 Å². The average molecular weight is 337 g/mol. The summed E-state index contributed by atoms with van der Waals surface area (Å²) in [5.74, 6) is 0.147. The summed E-state index contributed by atoms with van der Waals surface area (Å²) >= 11 is 9.15. The molecule has 1 aromatic rings. The van der Waals surface area contributed by atoms with Crippen LogP contribution in [0.1, 0.15) is 24.4 Å². The number of halogens is 3. The van der Waals surface area contributed by atoms with Crippen molar-refractivity contribution in [1.29, 1.82) is 0 Å². The van der Waals surface area contributed by atoms with Crippen molar-refractivity contribution in [3.05, 3.63) is 33.0 Å². The van der Waals surface area contributed by atoms with Gasteiger partial charge in [-0.25, -0.2) is 4.39 Å². The summed E-state index contributed by atoms with van der Waals surface area (Å²) < 4.78 is 20.1. The van der Waals surface area contributed by atoms with Crippen LogP contribution in [-0.2, 0) is 4.74 Å². The van der Waals surface area contributed by atoms with Gasteiger partial charge in [-0.05, 0) is 47.8 Å². The molecule has 0 bridgehead atoms. The van der Waals surface area contributed by atoms with E-state index in [1.165, 1.54) is 0 Å². The minimum absolute atomic E-state index is 0.0256. The van der Waals surface area contributed by atoms with E-state index in [-0.39, 0.29) is 16.9 Å². The Morgan fingerprint density at radius 2 is 2.39 bits per heavy atom. The summed E-state index contributed by atoms with van der Waals surface area (Å²) in [7, 11) is 1.84. The minimum atomic E-state index is -0.343. The first kappa shape index (κ1) is 14.3. The minimum Gasteiger partial charge on any atom is -0.381 e. The van der Waals surface area contributed by atoms with E-state index in [1.807, 2.05) is 7.05 Å². The third-order valence-corrected chi connectivity index (χ3v) is 4.64. The van der Waals surface area contributed by atoms with Gasteiger partial charge in [0.1, 0.15) is 5.82 Å². The van der Waals surface area contributed by atoms with Gasteiger partial charge in [-0.1, -0.05) is 17.7 Å². The van der Waals surface area contributed by atoms with Crippen molar-refractivity contribution in [3.8, 4) is 0 Å². The van der Waals surface area contributed by atoms with E-state index >= 15 is 0 Å². The lowest BCUT2D eigenvalue weighted by molar-refractivity contribution is 0.181. The predicted octanol–water partition coefficient (Wildman–Crippen LogP) is 3.93. The molecule has 1 saturated heterocycles. The van der Waals surface area contributed by atoms with E-state index in [0.29, 0.717) is 16.0 Å². The van der Waals surface area contributed by atoms with Gasteiger partial charge in [0.2, 0.25) is 0 Å². The van der Waals surface area contributed by atoms with Crippen LogP contribution in [0.25, 0.3) is 0 Å². The molecular weight excluding hydrogens is 321 g/mol. The average Bonchev–Trinajstić information content (AvgIpc) is 2.87. The van der Waals surface area contributed by atoms with Gasteiger partial charge in [-0.3, -0.25) is 0 Å². The van der Waals surface area contributed by atoms with Crippen molar-refractivity contribution < 1.29 is 9.13 Å². The van der Waals surface area contributed by atoms with Crippen LogP contribution < -0.4 is 5.32 Å². The maximum absolute atomic E-state index is 14.1. The molecule has 0 aromatic heterocycles. The number of rotatable bonds is 4. The van der Waals surface area contributed by atoms with Crippen LogP contribution in [0.2, 0.25) is 5.02 Å². The highest BCUT2D eigenvalue weighted by Gasteiger charge is 2.24. The monoisotopic (exact) mass is 335 g/mol. The molecule has 1 fully saturated rings. The summed E-state index contributed by atoms with van der Waals surface area (Å²) in [5, 5.41) is 3.31. The standard InChI is InChI=1S/C13H16BrClFNO/c1-17-11(6-8-4-5-18-7-8)9-2-3-10(14)12(15)13(9)16/h2-3,8,11,17H,4-7H2,1H3. The molecule has 1 aliphatic rings. The third-order valence-electron chi connectivity index (χ3n) is 3.38. The molecule has 1 aliphatic heterocycles. The van der Waals surface area contributed by atoms with E-state index in [2.05, 4.69) is 21.2 Å². The highest BCUT2D eigenvalue weighted by Crippen LogP contribution is 2.33. The van der Waals surface area contributed by atoms with Gasteiger partial charge in [-0.15, -0.1) is 0 Å². The van der Waals surface area contributed by atoms with Crippen molar-refractivity contribution in [2.75, 3.05) is 20.3 Å². The van der Waals surface area contributed by atoms with Crippen molar-refractivity contribution in [3.63, 3.8) is 0 Å². The Morgan fingerprint density at radius 3 is 3.00 bits per heavy atom. The van der Waals surface area contributed by atoms with E-state index in [0.717, 1.165) is 26.1 Å². The Balaban J connectivity index is 2.18. The summed E-state index contributed by atoms with van der Waals surface area (Å²) in [6, 6.07) is 3.54. The second-order valence-corrected chi connectivity index (χ2v) is 5.80. The van der Waals surface area contributed by atoms with Crippen LogP contribution in [0.4, 0.5) is 4.39 Å². The summed E-state index contributed by atoms with van der Waals surface area (Å²) in [4.78, 5) is 0. The highest BCUT2D eigenvalue weighted by atomic mass is 79.9. The first-order chi connectivity index (χ1) is 8.63. The SMILES string of the molecule is CNC(CC1CCOC1)c1ccc(Br)c(Cl)c1F. The number of hydrogen-bond acceptors (Lipinski definition) is 2. The van der Waals surface area contributed by atoms with Gasteiger partial charge in [0, 0.05) is 29.3 Å². The zero-order valence-electron chi connectivity index (χ0n) is 10.2. The van der Waals surface area contributed by atoms with Crippen LogP contribution in [0, 0.1) is 11.7 Å². The molecule has 0 radical (unpaired) electrons. The summed E-state index contributed by atoms with van der Waals surface area (Å²) in [6.07, 6.45) is 1.91. The van der Waals surface area contributed by atoms with Gasteiger partial charge in [-0.2, -0.15) is 0 Å². The molecule has 1 aromatic carbocycles. The number of benzene rings is 1. The first-order valence-corrected chi connectivity index (χ1v) is 7.19. The predicted molar refractivity (Wildman–Crippen MR) is 74.5 cm³/mol. The second-order valence-electron chi connectivity index (χ2n) is 4.57. The van der Waals surface area contributed by atoms with Gasteiger partial charge < -0.3 is 10.1 Å². The Hall–Kier alpha value is -0.160. The highest BCUT2D eigenvalue weighted by molar-refractivity contribution is 9.10. The number of nitrogens with one attached hydrogen (secondary N) is 1. The number of ether oxygens (including phenoxy) is 1. The maximum Gasteiger partial charge on any atom is 0.147 e. The van der Waals surface area contributed by atoms with Crippen molar-refractivity contribution in [2.45, 2.75) is 18.9 Å². The zero-order valence-corrected chi connectivity index (χ0v) is 12.5. The van der Waals surface area contributed by atoms with Gasteiger partial charge >= 0.3 is 0 Å². The van der Waals surface area contributed by atoms with E-state index in [1.54, 1.807) is 12.1 Å². The lowest BCUT2D eigenvalue weighted by Crippen LogP contribution is -2.21. The van der Waals surface area contributed by atoms with E-state index < -0.39 is 0 Å². The van der Waals surface area contributed by atoms with Crippen molar-refractivity contribution in [2.24, 2.45) is 5.92 Å². The lowest BCUT2D eigenvalue weighted by Gasteiger charge is -2.21. The molecule has 5 heteroatoms. The Labute approximate surface area is 120 Å². The lowest BCUT2D eigenvalue weighted by atomic mass is 9.94. The largest absolute Gasteiger partial charge is 0.381 e. The fourth-order valence-corrected chi connectivity index (χ4v) is 2.79. The molecule has 2 rings (SSSR count). The Kier molecular flexibility index (Phi) is 5.01. The normalized spacial score (nSPS) is 21.2. The Morgan fingerprint density at radius 1 is 1.61 bits per heavy atom. The van der Waals surface area contributed by atoms with Crippen molar-refractivity contribution >= 4 is 27.5 Å². The fraction of sp³-hybridized carbons (Fsp3) is 0.538. The molecule has 2 unspecified atom stereocenters. The van der Waals surface area contributed by atoms with Crippen molar-refractivity contribution in [1.82, 2.24) is 5.32 Å². The second kappa shape index (κ2) is 6.33. The molecule has 0 spiro atoms. The Bertz CT molecular complexity index is 424. The molecular formula is C13H16BrClFNO. The van der Waals surface area contributed by atoms with Crippen LogP contribution in [0.3, 0.4) is 0 Å². The quantitative estimate of drug-likeness (QED) is 0.841. The maximum atomic E-state index is 14.1. The molecule has 2 nitrogen and oxygen atoms in total. The van der Waals surface area contributed by atoms with Crippen LogP contribution >= 0.6 is 27.5 Å². The van der Waals surface area contributed by atoms with Gasteiger partial charge in [0.05, 0.1) is 5.02 Å². The first-order valence-electron chi connectivity index (χ1n) is 6.02. The van der Waals surface area contributed by atoms with Crippen LogP contribution in [-0.4, -0.2) is 20.3 Å². The molecule has 100 valence electrons. The molecule has 2 atom stereocenters. The topological polar surface area (TPSA) is 21.3 Å². The smallest absolute Gasteiger partial charge is 0.147 e. The molecule has 1 N–H and O–H groups in total. The molecule has 0 saturated carbocycles. The number of hydrogen-bond donors (Lipinski definition) is 1. The molecule has 18 heavy (non-hydrogen) atoms. The summed E-state index contributed by atoms with van der Waals surface area (Å²) in [6.45, 7) is 1.58. The fourth-order valence-electron chi connectivity index (χ4n) is 2.31. The van der Waals surface area contributed by atoms with E-state index in [4.69, 9.17) is 16.3 Å². The van der Waals surface area contributed by atoms with Crippen LogP contribution in [0.15, 0.2) is 16.6 Å². The van der Waals surface area contributed by atoms with Gasteiger partial charge in [0.15, 0.2) is 0 Å². The molecule has 0 amide bonds. The summed E-state index contributed by atoms with van der Waals surface area (Å²) in [5.41, 5.74) is 0.623. The molecule has 0 aliphatic carbocycles. The third kappa shape index (κ3) is 3.05. The zero-order chi connectivity index (χ0) is 13.1. The van der Waals surface area contributed by atoms with Gasteiger partial charge in [0.25, 0.3) is 0 Å². The molecule has 1 heterocycles.